The lowest BCUT2D eigenvalue weighted by molar-refractivity contribution is -0.144. The Morgan fingerprint density at radius 2 is 0.969 bits per heavy atom. The van der Waals surface area contributed by atoms with Crippen LogP contribution in [0.4, 0.5) is 0 Å². The second-order valence-corrected chi connectivity index (χ2v) is 9.22. The fraction of sp³-hybridized carbons (Fsp3) is 0.826. The summed E-state index contributed by atoms with van der Waals surface area (Å²) in [6, 6.07) is -3.60. The van der Waals surface area contributed by atoms with Crippen molar-refractivity contribution >= 4 is 23.7 Å². The number of carbonyl (C=O) groups excluding carboxylic acids is 3. The van der Waals surface area contributed by atoms with Crippen LogP contribution in [0.1, 0.15) is 74.7 Å². The van der Waals surface area contributed by atoms with Crippen LogP contribution in [0.15, 0.2) is 0 Å². The molecule has 0 bridgehead atoms. The maximum atomic E-state index is 13.2. The lowest BCUT2D eigenvalue weighted by atomic mass is 9.93. The zero-order valence-electron chi connectivity index (χ0n) is 20.9. The van der Waals surface area contributed by atoms with Crippen LogP contribution in [0.25, 0.3) is 0 Å². The molecule has 0 aliphatic rings. The highest BCUT2D eigenvalue weighted by Gasteiger charge is 2.35. The van der Waals surface area contributed by atoms with Crippen molar-refractivity contribution in [1.82, 2.24) is 16.0 Å². The number of carboxylic acids is 1. The molecule has 7 atom stereocenters. The predicted molar refractivity (Wildman–Crippen MR) is 125 cm³/mol. The Kier molecular flexibility index (Phi) is 13.1. The summed E-state index contributed by atoms with van der Waals surface area (Å²) < 4.78 is 0. The third-order valence-electron chi connectivity index (χ3n) is 6.38. The predicted octanol–water partition coefficient (Wildman–Crippen LogP) is 1.65. The van der Waals surface area contributed by atoms with Gasteiger partial charge in [-0.1, -0.05) is 74.7 Å². The number of amides is 3. The van der Waals surface area contributed by atoms with Gasteiger partial charge in [0.2, 0.25) is 17.7 Å². The van der Waals surface area contributed by atoms with Gasteiger partial charge in [0.1, 0.15) is 18.1 Å². The fourth-order valence-corrected chi connectivity index (χ4v) is 3.13. The molecule has 9 heteroatoms. The summed E-state index contributed by atoms with van der Waals surface area (Å²) >= 11 is 0. The molecule has 0 spiro atoms. The molecule has 32 heavy (non-hydrogen) atoms. The number of aliphatic carboxylic acids is 1. The van der Waals surface area contributed by atoms with E-state index in [9.17, 15) is 24.3 Å². The first kappa shape index (κ1) is 29.8. The quantitative estimate of drug-likeness (QED) is 0.268. The molecule has 186 valence electrons. The topological polar surface area (TPSA) is 151 Å². The minimum Gasteiger partial charge on any atom is -0.480 e. The number of nitrogens with one attached hydrogen (secondary N) is 3. The van der Waals surface area contributed by atoms with E-state index in [1.54, 1.807) is 6.92 Å². The monoisotopic (exact) mass is 456 g/mol. The van der Waals surface area contributed by atoms with E-state index in [2.05, 4.69) is 16.0 Å². The van der Waals surface area contributed by atoms with Gasteiger partial charge in [0, 0.05) is 0 Å². The molecule has 0 aromatic rings. The number of hydrogen-bond acceptors (Lipinski definition) is 5. The van der Waals surface area contributed by atoms with Crippen LogP contribution in [0, 0.1) is 23.7 Å². The largest absolute Gasteiger partial charge is 0.480 e. The summed E-state index contributed by atoms with van der Waals surface area (Å²) in [5.74, 6) is -3.37. The second-order valence-electron chi connectivity index (χ2n) is 9.22. The van der Waals surface area contributed by atoms with Gasteiger partial charge in [-0.15, -0.1) is 0 Å². The molecule has 7 unspecified atom stereocenters. The van der Waals surface area contributed by atoms with Crippen molar-refractivity contribution in [3.63, 3.8) is 0 Å². The van der Waals surface area contributed by atoms with E-state index in [1.807, 2.05) is 48.5 Å². The zero-order chi connectivity index (χ0) is 25.2. The molecule has 6 N–H and O–H groups in total. The molecular formula is C23H44N4O5. The van der Waals surface area contributed by atoms with Gasteiger partial charge >= 0.3 is 5.97 Å². The number of nitrogens with two attached hydrogens (primary N) is 1. The van der Waals surface area contributed by atoms with Gasteiger partial charge in [-0.3, -0.25) is 14.4 Å². The number of rotatable bonds is 14. The molecule has 0 aromatic carbocycles. The van der Waals surface area contributed by atoms with E-state index in [-0.39, 0.29) is 23.7 Å². The molecule has 3 amide bonds. The molecule has 9 nitrogen and oxygen atoms in total. The summed E-state index contributed by atoms with van der Waals surface area (Å²) in [5.41, 5.74) is 5.93. The Bertz CT molecular complexity index is 640. The van der Waals surface area contributed by atoms with Crippen LogP contribution in [0.5, 0.6) is 0 Å². The van der Waals surface area contributed by atoms with Crippen molar-refractivity contribution in [3.8, 4) is 0 Å². The minimum atomic E-state index is -1.12. The molecule has 0 rings (SSSR count). The third-order valence-corrected chi connectivity index (χ3v) is 6.38. The number of carboxylic acid groups (broad SMARTS) is 1. The summed E-state index contributed by atoms with van der Waals surface area (Å²) in [7, 11) is 0. The lowest BCUT2D eigenvalue weighted by Gasteiger charge is -2.31. The molecule has 0 radical (unpaired) electrons. The zero-order valence-corrected chi connectivity index (χ0v) is 20.9. The number of carbonyl (C=O) groups is 4. The maximum absolute atomic E-state index is 13.2. The molecule has 0 aliphatic carbocycles. The lowest BCUT2D eigenvalue weighted by Crippen LogP contribution is -2.60. The van der Waals surface area contributed by atoms with Crippen molar-refractivity contribution in [2.45, 2.75) is 98.8 Å². The van der Waals surface area contributed by atoms with Gasteiger partial charge in [-0.25, -0.2) is 4.79 Å². The molecule has 0 fully saturated rings. The first-order valence-electron chi connectivity index (χ1n) is 11.7. The molecule has 0 saturated carbocycles. The Labute approximate surface area is 192 Å². The number of hydrogen-bond donors (Lipinski definition) is 5. The van der Waals surface area contributed by atoms with Gasteiger partial charge in [0.15, 0.2) is 0 Å². The van der Waals surface area contributed by atoms with E-state index in [0.717, 1.165) is 0 Å². The van der Waals surface area contributed by atoms with Crippen molar-refractivity contribution in [2.75, 3.05) is 0 Å². The average molecular weight is 457 g/mol. The van der Waals surface area contributed by atoms with E-state index >= 15 is 0 Å². The fourth-order valence-electron chi connectivity index (χ4n) is 3.13. The van der Waals surface area contributed by atoms with Crippen molar-refractivity contribution in [2.24, 2.45) is 29.4 Å². The minimum absolute atomic E-state index is 0.0946. The second kappa shape index (κ2) is 14.1. The Hall–Kier alpha value is -2.16. The van der Waals surface area contributed by atoms with Crippen LogP contribution in [-0.2, 0) is 19.2 Å². The normalized spacial score (nSPS) is 17.9. The van der Waals surface area contributed by atoms with Crippen LogP contribution >= 0.6 is 0 Å². The third kappa shape index (κ3) is 8.76. The highest BCUT2D eigenvalue weighted by atomic mass is 16.4. The van der Waals surface area contributed by atoms with E-state index in [0.29, 0.717) is 19.3 Å². The first-order valence-corrected chi connectivity index (χ1v) is 11.7. The van der Waals surface area contributed by atoms with Gasteiger partial charge in [-0.2, -0.15) is 0 Å². The molecule has 0 heterocycles. The highest BCUT2D eigenvalue weighted by Crippen LogP contribution is 2.14. The molecular weight excluding hydrogens is 412 g/mol. The average Bonchev–Trinajstić information content (AvgIpc) is 2.76. The van der Waals surface area contributed by atoms with Crippen molar-refractivity contribution in [3.05, 3.63) is 0 Å². The standard InChI is InChI=1S/C23H44N4O5/c1-9-13(6)17(25-20(28)16(24)12(4)5)21(29)26-18(14(7)10-2)22(30)27-19(23(31)32)15(8)11-3/h12-19H,9-11,24H2,1-8H3,(H,25,28)(H,26,29)(H,27,30)(H,31,32). The van der Waals surface area contributed by atoms with E-state index in [4.69, 9.17) is 5.73 Å². The Morgan fingerprint density at radius 1 is 0.656 bits per heavy atom. The highest BCUT2D eigenvalue weighted by molar-refractivity contribution is 5.94. The maximum Gasteiger partial charge on any atom is 0.326 e. The molecule has 0 saturated heterocycles. The first-order chi connectivity index (χ1) is 14.8. The summed E-state index contributed by atoms with van der Waals surface area (Å²) in [5, 5.41) is 17.6. The van der Waals surface area contributed by atoms with Gasteiger partial charge in [-0.05, 0) is 23.7 Å². The van der Waals surface area contributed by atoms with E-state index < -0.39 is 47.9 Å². The van der Waals surface area contributed by atoms with Gasteiger partial charge in [0.05, 0.1) is 6.04 Å². The smallest absolute Gasteiger partial charge is 0.326 e. The van der Waals surface area contributed by atoms with Gasteiger partial charge in [0.25, 0.3) is 0 Å². The SMILES string of the molecule is CCC(C)C(NC(=O)C(NC(=O)C(NC(=O)C(N)C(C)C)C(C)CC)C(C)CC)C(=O)O. The van der Waals surface area contributed by atoms with E-state index in [1.165, 1.54) is 0 Å². The molecule has 0 aromatic heterocycles. The van der Waals surface area contributed by atoms with Crippen LogP contribution in [0.3, 0.4) is 0 Å². The van der Waals surface area contributed by atoms with Crippen LogP contribution in [-0.4, -0.2) is 53.0 Å². The van der Waals surface area contributed by atoms with Gasteiger partial charge < -0.3 is 26.8 Å². The summed E-state index contributed by atoms with van der Waals surface area (Å²) in [4.78, 5) is 50.3. The molecule has 0 aliphatic heterocycles. The summed E-state index contributed by atoms with van der Waals surface area (Å²) in [6.45, 7) is 14.7. The Morgan fingerprint density at radius 3 is 1.28 bits per heavy atom. The Balaban J connectivity index is 5.67. The van der Waals surface area contributed by atoms with Crippen LogP contribution in [0.2, 0.25) is 0 Å². The summed E-state index contributed by atoms with van der Waals surface area (Å²) in [6.07, 6.45) is 1.80. The van der Waals surface area contributed by atoms with Crippen molar-refractivity contribution in [1.29, 1.82) is 0 Å². The van der Waals surface area contributed by atoms with Crippen LogP contribution < -0.4 is 21.7 Å². The van der Waals surface area contributed by atoms with Crippen molar-refractivity contribution < 1.29 is 24.3 Å².